The van der Waals surface area contributed by atoms with Crippen molar-refractivity contribution in [1.82, 2.24) is 5.06 Å². The lowest BCUT2D eigenvalue weighted by Crippen LogP contribution is -2.34. The second-order valence-corrected chi connectivity index (χ2v) is 5.16. The van der Waals surface area contributed by atoms with Crippen LogP contribution in [0, 0.1) is 11.8 Å². The molecule has 0 aromatic carbocycles. The number of rotatable bonds is 3. The number of ether oxygens (including phenoxy) is 1. The van der Waals surface area contributed by atoms with Gasteiger partial charge >= 0.3 is 0 Å². The third-order valence-electron chi connectivity index (χ3n) is 3.44. The van der Waals surface area contributed by atoms with E-state index in [4.69, 9.17) is 21.2 Å². The number of halogens is 1. The molecule has 5 nitrogen and oxygen atoms in total. The van der Waals surface area contributed by atoms with Gasteiger partial charge in [0.15, 0.2) is 0 Å². The molecule has 0 spiro atoms. The fourth-order valence-corrected chi connectivity index (χ4v) is 2.69. The summed E-state index contributed by atoms with van der Waals surface area (Å²) in [4.78, 5) is 29.3. The number of hydrogen-bond donors (Lipinski definition) is 0. The van der Waals surface area contributed by atoms with Gasteiger partial charge in [-0.3, -0.25) is 14.4 Å². The highest BCUT2D eigenvalue weighted by Gasteiger charge is 2.61. The second kappa shape index (κ2) is 4.19. The van der Waals surface area contributed by atoms with Crippen molar-refractivity contribution in [2.24, 2.45) is 11.8 Å². The summed E-state index contributed by atoms with van der Waals surface area (Å²) in [6.07, 6.45) is 4.71. The summed E-state index contributed by atoms with van der Waals surface area (Å²) in [5, 5.41) is 1.42. The summed E-state index contributed by atoms with van der Waals surface area (Å²) in [5.41, 5.74) is 0. The van der Waals surface area contributed by atoms with Crippen LogP contribution in [0.15, 0.2) is 23.3 Å². The molecule has 3 rings (SSSR count). The minimum atomic E-state index is -0.423. The van der Waals surface area contributed by atoms with Crippen molar-refractivity contribution in [2.45, 2.75) is 19.1 Å². The summed E-state index contributed by atoms with van der Waals surface area (Å²) in [5.74, 6) is -1.48. The van der Waals surface area contributed by atoms with Crippen LogP contribution in [0.3, 0.4) is 0 Å². The molecule has 0 aromatic rings. The fourth-order valence-electron chi connectivity index (χ4n) is 2.63. The van der Waals surface area contributed by atoms with Crippen LogP contribution in [-0.2, 0) is 19.2 Å². The maximum Gasteiger partial charge on any atom is 0.260 e. The van der Waals surface area contributed by atoms with Gasteiger partial charge in [-0.2, -0.15) is 5.06 Å². The number of carbonyl (C=O) groups excluding carboxylic acids is 2. The lowest BCUT2D eigenvalue weighted by Gasteiger charge is -2.15. The predicted molar refractivity (Wildman–Crippen MR) is 62.2 cm³/mol. The standard InChI is InChI=1S/C12H12ClNO4/c1-6(13)4-5-17-14-11(15)9-7-2-3-8(18-7)10(9)12(14)16/h2-4,7-10H,5H2,1H3/b6-4-/t7-,8-,9-,10-/m1/s1. The summed E-state index contributed by atoms with van der Waals surface area (Å²) in [6, 6.07) is 0. The van der Waals surface area contributed by atoms with Gasteiger partial charge in [-0.1, -0.05) is 23.8 Å². The molecular formula is C12H12ClNO4. The van der Waals surface area contributed by atoms with Crippen LogP contribution in [0.5, 0.6) is 0 Å². The summed E-state index contributed by atoms with van der Waals surface area (Å²) >= 11 is 5.65. The van der Waals surface area contributed by atoms with Crippen molar-refractivity contribution in [2.75, 3.05) is 6.61 Å². The molecule has 0 N–H and O–H groups in total. The number of carbonyl (C=O) groups is 2. The monoisotopic (exact) mass is 269 g/mol. The van der Waals surface area contributed by atoms with Gasteiger partial charge in [0.2, 0.25) is 0 Å². The van der Waals surface area contributed by atoms with Crippen LogP contribution in [0.25, 0.3) is 0 Å². The fraction of sp³-hybridized carbons (Fsp3) is 0.500. The first kappa shape index (κ1) is 11.9. The Bertz CT molecular complexity index is 439. The lowest BCUT2D eigenvalue weighted by atomic mass is 9.85. The highest BCUT2D eigenvalue weighted by atomic mass is 35.5. The molecule has 2 bridgehead atoms. The SMILES string of the molecule is C/C(Cl)=C/CON1C(=O)[C@H]2[C@H](C1=O)[C@H]1C=C[C@H]2O1. The van der Waals surface area contributed by atoms with E-state index < -0.39 is 11.8 Å². The molecule has 0 aliphatic carbocycles. The van der Waals surface area contributed by atoms with E-state index in [9.17, 15) is 9.59 Å². The first-order valence-corrected chi connectivity index (χ1v) is 6.14. The summed E-state index contributed by atoms with van der Waals surface area (Å²) < 4.78 is 5.50. The third-order valence-corrected chi connectivity index (χ3v) is 3.59. The van der Waals surface area contributed by atoms with Crippen LogP contribution in [0.4, 0.5) is 0 Å². The highest BCUT2D eigenvalue weighted by Crippen LogP contribution is 2.45. The van der Waals surface area contributed by atoms with Crippen molar-refractivity contribution in [3.63, 3.8) is 0 Å². The lowest BCUT2D eigenvalue weighted by molar-refractivity contribution is -0.188. The zero-order valence-corrected chi connectivity index (χ0v) is 10.5. The largest absolute Gasteiger partial charge is 0.365 e. The molecule has 0 radical (unpaired) electrons. The number of allylic oxidation sites excluding steroid dienone is 1. The third kappa shape index (κ3) is 1.62. The first-order valence-electron chi connectivity index (χ1n) is 5.76. The van der Waals surface area contributed by atoms with E-state index in [1.54, 1.807) is 13.0 Å². The molecule has 2 fully saturated rings. The van der Waals surface area contributed by atoms with Gasteiger partial charge in [0.25, 0.3) is 11.8 Å². The Morgan fingerprint density at radius 1 is 1.39 bits per heavy atom. The molecule has 2 saturated heterocycles. The Balaban J connectivity index is 1.74. The van der Waals surface area contributed by atoms with Crippen LogP contribution >= 0.6 is 11.6 Å². The van der Waals surface area contributed by atoms with E-state index in [0.717, 1.165) is 5.06 Å². The van der Waals surface area contributed by atoms with Crippen LogP contribution in [0.2, 0.25) is 0 Å². The number of hydroxylamine groups is 2. The summed E-state index contributed by atoms with van der Waals surface area (Å²) in [6.45, 7) is 1.81. The molecular weight excluding hydrogens is 258 g/mol. The summed E-state index contributed by atoms with van der Waals surface area (Å²) in [7, 11) is 0. The predicted octanol–water partition coefficient (Wildman–Crippen LogP) is 0.999. The molecule has 96 valence electrons. The van der Waals surface area contributed by atoms with Crippen LogP contribution < -0.4 is 0 Å². The molecule has 3 aliphatic heterocycles. The molecule has 4 atom stereocenters. The number of fused-ring (bicyclic) bond motifs is 5. The molecule has 0 aromatic heterocycles. The smallest absolute Gasteiger partial charge is 0.260 e. The van der Waals surface area contributed by atoms with Gasteiger partial charge in [0, 0.05) is 5.03 Å². The average Bonchev–Trinajstić information content (AvgIpc) is 2.97. The van der Waals surface area contributed by atoms with Crippen LogP contribution in [0.1, 0.15) is 6.92 Å². The van der Waals surface area contributed by atoms with E-state index in [-0.39, 0.29) is 30.6 Å². The Kier molecular flexibility index (Phi) is 2.77. The van der Waals surface area contributed by atoms with Crippen molar-refractivity contribution in [3.05, 3.63) is 23.3 Å². The minimum Gasteiger partial charge on any atom is -0.365 e. The normalized spacial score (nSPS) is 37.9. The molecule has 0 unspecified atom stereocenters. The molecule has 0 saturated carbocycles. The van der Waals surface area contributed by atoms with Gasteiger partial charge in [-0.25, -0.2) is 0 Å². The van der Waals surface area contributed by atoms with E-state index in [0.29, 0.717) is 5.03 Å². The van der Waals surface area contributed by atoms with Crippen molar-refractivity contribution >= 4 is 23.4 Å². The Morgan fingerprint density at radius 3 is 2.44 bits per heavy atom. The minimum absolute atomic E-state index is 0.107. The number of hydrogen-bond acceptors (Lipinski definition) is 4. The molecule has 3 heterocycles. The van der Waals surface area contributed by atoms with Crippen LogP contribution in [-0.4, -0.2) is 35.7 Å². The first-order chi connectivity index (χ1) is 8.59. The van der Waals surface area contributed by atoms with E-state index >= 15 is 0 Å². The quantitative estimate of drug-likeness (QED) is 0.567. The number of amides is 2. The van der Waals surface area contributed by atoms with Gasteiger partial charge in [0.05, 0.1) is 30.7 Å². The molecule has 3 aliphatic rings. The van der Waals surface area contributed by atoms with E-state index in [1.807, 2.05) is 12.2 Å². The Labute approximate surface area is 109 Å². The zero-order chi connectivity index (χ0) is 12.9. The van der Waals surface area contributed by atoms with Gasteiger partial charge in [-0.15, -0.1) is 0 Å². The van der Waals surface area contributed by atoms with Crippen molar-refractivity contribution in [1.29, 1.82) is 0 Å². The van der Waals surface area contributed by atoms with Gasteiger partial charge < -0.3 is 4.74 Å². The Morgan fingerprint density at radius 2 is 1.94 bits per heavy atom. The van der Waals surface area contributed by atoms with Crippen molar-refractivity contribution in [3.8, 4) is 0 Å². The maximum absolute atomic E-state index is 12.1. The van der Waals surface area contributed by atoms with Gasteiger partial charge in [-0.05, 0) is 13.0 Å². The number of imide groups is 1. The topological polar surface area (TPSA) is 55.8 Å². The van der Waals surface area contributed by atoms with Gasteiger partial charge in [0.1, 0.15) is 0 Å². The average molecular weight is 270 g/mol. The van der Waals surface area contributed by atoms with Crippen molar-refractivity contribution < 1.29 is 19.2 Å². The molecule has 2 amide bonds. The zero-order valence-electron chi connectivity index (χ0n) is 9.71. The molecule has 6 heteroatoms. The maximum atomic E-state index is 12.1. The second-order valence-electron chi connectivity index (χ2n) is 4.56. The number of nitrogens with zero attached hydrogens (tertiary/aromatic N) is 1. The Hall–Kier alpha value is -1.17. The molecule has 18 heavy (non-hydrogen) atoms. The van der Waals surface area contributed by atoms with E-state index in [2.05, 4.69) is 0 Å². The van der Waals surface area contributed by atoms with E-state index in [1.165, 1.54) is 0 Å². The highest BCUT2D eigenvalue weighted by molar-refractivity contribution is 6.29.